The van der Waals surface area contributed by atoms with E-state index in [1.165, 1.54) is 12.5 Å². The van der Waals surface area contributed by atoms with Crippen LogP contribution in [-0.4, -0.2) is 33.7 Å². The van der Waals surface area contributed by atoms with Crippen molar-refractivity contribution in [3.63, 3.8) is 0 Å². The van der Waals surface area contributed by atoms with Crippen LogP contribution in [0.3, 0.4) is 0 Å². The lowest BCUT2D eigenvalue weighted by atomic mass is 10.1. The van der Waals surface area contributed by atoms with E-state index in [1.807, 2.05) is 0 Å². The molecule has 0 aromatic carbocycles. The van der Waals surface area contributed by atoms with E-state index in [2.05, 4.69) is 4.36 Å². The zero-order valence-corrected chi connectivity index (χ0v) is 9.62. The van der Waals surface area contributed by atoms with Gasteiger partial charge < -0.3 is 5.11 Å². The van der Waals surface area contributed by atoms with Crippen LogP contribution in [0.15, 0.2) is 4.36 Å². The summed E-state index contributed by atoms with van der Waals surface area (Å²) < 4.78 is 14.8. The monoisotopic (exact) mass is 233 g/mol. The number of aliphatic carboxylic acids is 1. The number of hydrogen-bond donors (Lipinski definition) is 1. The lowest BCUT2D eigenvalue weighted by molar-refractivity contribution is -0.141. The van der Waals surface area contributed by atoms with Crippen LogP contribution >= 0.6 is 0 Å². The van der Waals surface area contributed by atoms with Crippen molar-refractivity contribution in [3.05, 3.63) is 0 Å². The summed E-state index contributed by atoms with van der Waals surface area (Å²) in [5.41, 5.74) is 0. The predicted molar refractivity (Wildman–Crippen MR) is 55.9 cm³/mol. The van der Waals surface area contributed by atoms with E-state index in [1.54, 1.807) is 0 Å². The van der Waals surface area contributed by atoms with Crippen LogP contribution in [-0.2, 0) is 19.3 Å². The van der Waals surface area contributed by atoms with E-state index in [9.17, 15) is 13.8 Å². The number of carboxylic acids is 1. The zero-order valence-electron chi connectivity index (χ0n) is 8.80. The molecule has 1 aliphatic rings. The van der Waals surface area contributed by atoms with Crippen molar-refractivity contribution >= 4 is 21.6 Å². The Morgan fingerprint density at radius 3 is 2.20 bits per heavy atom. The Morgan fingerprint density at radius 2 is 1.80 bits per heavy atom. The number of carboxylic acid groups (broad SMARTS) is 1. The van der Waals surface area contributed by atoms with Crippen molar-refractivity contribution in [2.45, 2.75) is 19.3 Å². The van der Waals surface area contributed by atoms with Crippen molar-refractivity contribution in [1.82, 2.24) is 0 Å². The molecule has 0 bridgehead atoms. The minimum absolute atomic E-state index is 0.327. The lowest BCUT2D eigenvalue weighted by Gasteiger charge is -2.04. The minimum atomic E-state index is -2.42. The van der Waals surface area contributed by atoms with Crippen LogP contribution in [0.5, 0.6) is 0 Å². The van der Waals surface area contributed by atoms with Crippen molar-refractivity contribution in [1.29, 1.82) is 0 Å². The highest BCUT2D eigenvalue weighted by atomic mass is 32.2. The number of nitrogens with zero attached hydrogens (tertiary/aromatic N) is 1. The fraction of sp³-hybridized carbons (Fsp3) is 0.778. The summed E-state index contributed by atoms with van der Waals surface area (Å²) in [4.78, 5) is 22.1. The van der Waals surface area contributed by atoms with Crippen LogP contribution in [0.25, 0.3) is 0 Å². The molecule has 1 N–H and O–H groups in total. The fourth-order valence-corrected chi connectivity index (χ4v) is 2.30. The van der Waals surface area contributed by atoms with E-state index in [4.69, 9.17) is 5.11 Å². The Kier molecular flexibility index (Phi) is 3.49. The van der Waals surface area contributed by atoms with Gasteiger partial charge in [-0.25, -0.2) is 4.21 Å². The fourth-order valence-electron chi connectivity index (χ4n) is 1.72. The Balaban J connectivity index is 2.67. The normalized spacial score (nSPS) is 26.3. The second-order valence-corrected chi connectivity index (χ2v) is 6.70. The molecule has 0 aromatic heterocycles. The van der Waals surface area contributed by atoms with Gasteiger partial charge in [0, 0.05) is 28.2 Å². The Morgan fingerprint density at radius 1 is 1.27 bits per heavy atom. The summed E-state index contributed by atoms with van der Waals surface area (Å²) in [6.07, 6.45) is 4.17. The topological polar surface area (TPSA) is 83.8 Å². The summed E-state index contributed by atoms with van der Waals surface area (Å²) >= 11 is 0. The third kappa shape index (κ3) is 3.62. The van der Waals surface area contributed by atoms with Gasteiger partial charge in [-0.2, -0.15) is 4.36 Å². The van der Waals surface area contributed by atoms with Crippen LogP contribution in [0, 0.1) is 11.8 Å². The number of hydrogen-bond acceptors (Lipinski definition) is 3. The molecule has 0 radical (unpaired) electrons. The molecule has 1 aliphatic carbocycles. The minimum Gasteiger partial charge on any atom is -0.481 e. The molecule has 0 unspecified atom stereocenters. The maximum Gasteiger partial charge on any atom is 0.306 e. The molecule has 0 heterocycles. The molecule has 1 rings (SSSR count). The Bertz CT molecular complexity index is 387. The molecular weight excluding hydrogens is 218 g/mol. The molecule has 2 atom stereocenters. The highest BCUT2D eigenvalue weighted by molar-refractivity contribution is 7.92. The summed E-state index contributed by atoms with van der Waals surface area (Å²) in [6.45, 7) is 0. The number of amides is 1. The molecule has 15 heavy (non-hydrogen) atoms. The molecule has 86 valence electrons. The van der Waals surface area contributed by atoms with Crippen LogP contribution in [0.2, 0.25) is 0 Å². The first-order valence-corrected chi connectivity index (χ1v) is 7.06. The number of rotatable bonds is 2. The average Bonchev–Trinajstić information content (AvgIpc) is 2.47. The quantitative estimate of drug-likeness (QED) is 0.762. The molecule has 0 saturated heterocycles. The lowest BCUT2D eigenvalue weighted by Crippen LogP contribution is -2.14. The van der Waals surface area contributed by atoms with Gasteiger partial charge in [0.1, 0.15) is 0 Å². The number of carbonyl (C=O) groups excluding carboxylic acids is 1. The van der Waals surface area contributed by atoms with Crippen LogP contribution in [0.4, 0.5) is 0 Å². The van der Waals surface area contributed by atoms with Gasteiger partial charge in [0.25, 0.3) is 5.91 Å². The predicted octanol–water partition coefficient (Wildman–Crippen LogP) is 0.741. The van der Waals surface area contributed by atoms with Crippen LogP contribution < -0.4 is 0 Å². The Hall–Kier alpha value is -0.910. The second kappa shape index (κ2) is 4.30. The van der Waals surface area contributed by atoms with Gasteiger partial charge in [0.05, 0.1) is 5.92 Å². The first kappa shape index (κ1) is 12.2. The van der Waals surface area contributed by atoms with E-state index in [-0.39, 0.29) is 5.92 Å². The first-order chi connectivity index (χ1) is 6.79. The van der Waals surface area contributed by atoms with Gasteiger partial charge in [-0.3, -0.25) is 9.59 Å². The second-order valence-electron chi connectivity index (χ2n) is 4.16. The zero-order chi connectivity index (χ0) is 11.6. The largest absolute Gasteiger partial charge is 0.481 e. The van der Waals surface area contributed by atoms with Crippen molar-refractivity contribution < 1.29 is 18.9 Å². The van der Waals surface area contributed by atoms with E-state index >= 15 is 0 Å². The highest BCUT2D eigenvalue weighted by Crippen LogP contribution is 2.31. The average molecular weight is 233 g/mol. The van der Waals surface area contributed by atoms with Gasteiger partial charge >= 0.3 is 5.97 Å². The third-order valence-corrected chi connectivity index (χ3v) is 3.06. The SMILES string of the molecule is CS(C)(=O)=NC(=O)[C@@H]1CC[C@H](C(=O)O)C1. The van der Waals surface area contributed by atoms with Crippen molar-refractivity contribution in [3.8, 4) is 0 Å². The molecule has 1 amide bonds. The molecule has 0 aliphatic heterocycles. The maximum atomic E-state index is 11.5. The van der Waals surface area contributed by atoms with Crippen molar-refractivity contribution in [2.75, 3.05) is 12.5 Å². The summed E-state index contributed by atoms with van der Waals surface area (Å²) in [5, 5.41) is 8.75. The summed E-state index contributed by atoms with van der Waals surface area (Å²) in [5.74, 6) is -2.07. The molecule has 6 heteroatoms. The molecule has 5 nitrogen and oxygen atoms in total. The van der Waals surface area contributed by atoms with E-state index in [0.717, 1.165) is 0 Å². The van der Waals surface area contributed by atoms with Gasteiger partial charge in [0.15, 0.2) is 0 Å². The third-order valence-electron chi connectivity index (χ3n) is 2.44. The first-order valence-electron chi connectivity index (χ1n) is 4.73. The van der Waals surface area contributed by atoms with Crippen molar-refractivity contribution in [2.24, 2.45) is 16.2 Å². The van der Waals surface area contributed by atoms with Gasteiger partial charge in [-0.1, -0.05) is 0 Å². The maximum absolute atomic E-state index is 11.5. The highest BCUT2D eigenvalue weighted by Gasteiger charge is 2.33. The van der Waals surface area contributed by atoms with Gasteiger partial charge in [-0.05, 0) is 19.3 Å². The standard InChI is InChI=1S/C9H15NO4S/c1-15(2,14)10-8(11)6-3-4-7(5-6)9(12)13/h6-7H,3-5H2,1-2H3,(H,12,13)/t6-,7+/m1/s1. The molecular formula is C9H15NO4S. The molecule has 1 saturated carbocycles. The molecule has 1 fully saturated rings. The summed E-state index contributed by atoms with van der Waals surface area (Å²) in [6, 6.07) is 0. The smallest absolute Gasteiger partial charge is 0.306 e. The molecule has 0 spiro atoms. The van der Waals surface area contributed by atoms with E-state index < -0.39 is 27.5 Å². The summed E-state index contributed by atoms with van der Waals surface area (Å²) in [7, 11) is -2.42. The van der Waals surface area contributed by atoms with E-state index in [0.29, 0.717) is 19.3 Å². The van der Waals surface area contributed by atoms with Gasteiger partial charge in [-0.15, -0.1) is 0 Å². The Labute approximate surface area is 89.0 Å². The van der Waals surface area contributed by atoms with Gasteiger partial charge in [0.2, 0.25) is 0 Å². The molecule has 0 aromatic rings. The number of carbonyl (C=O) groups is 2. The van der Waals surface area contributed by atoms with Crippen LogP contribution in [0.1, 0.15) is 19.3 Å².